The van der Waals surface area contributed by atoms with Crippen molar-refractivity contribution >= 4 is 27.7 Å². The van der Waals surface area contributed by atoms with Crippen LogP contribution in [0.3, 0.4) is 0 Å². The average Bonchev–Trinajstić information content (AvgIpc) is 2.76. The van der Waals surface area contributed by atoms with Crippen molar-refractivity contribution in [1.82, 2.24) is 0 Å². The third kappa shape index (κ3) is 2.33. The second-order valence-electron chi connectivity index (χ2n) is 7.04. The first-order valence-corrected chi connectivity index (χ1v) is 11.1. The van der Waals surface area contributed by atoms with Gasteiger partial charge in [0.1, 0.15) is 0 Å². The quantitative estimate of drug-likeness (QED) is 0.407. The number of hydrogen-bond donors (Lipinski definition) is 0. The van der Waals surface area contributed by atoms with Crippen LogP contribution in [-0.2, 0) is 0 Å². The molecule has 1 aliphatic heterocycles. The van der Waals surface area contributed by atoms with E-state index in [1.165, 1.54) is 30.5 Å². The van der Waals surface area contributed by atoms with Crippen molar-refractivity contribution < 1.29 is 0 Å². The largest absolute Gasteiger partial charge is 0.209 e. The van der Waals surface area contributed by atoms with Gasteiger partial charge in [0.05, 0.1) is 0 Å². The summed E-state index contributed by atoms with van der Waals surface area (Å²) in [4.78, 5) is 5.77. The summed E-state index contributed by atoms with van der Waals surface area (Å²) in [6.45, 7) is 2.75. The first kappa shape index (κ1) is 16.5. The van der Waals surface area contributed by atoms with E-state index in [-0.39, 0.29) is 0 Å². The lowest BCUT2D eigenvalue weighted by molar-refractivity contribution is 1.25. The Hall–Kier alpha value is -2.71. The summed E-state index contributed by atoms with van der Waals surface area (Å²) >= 11 is 0. The van der Waals surface area contributed by atoms with Gasteiger partial charge >= 0.3 is 0 Å². The predicted molar refractivity (Wildman–Crippen MR) is 117 cm³/mol. The molecule has 5 rings (SSSR count). The highest BCUT2D eigenvalue weighted by atomic mass is 32.3. The van der Waals surface area contributed by atoms with E-state index in [0.29, 0.717) is 6.71 Å². The summed E-state index contributed by atoms with van der Waals surface area (Å²) in [7, 11) is -1.51. The zero-order valence-electron chi connectivity index (χ0n) is 15.4. The van der Waals surface area contributed by atoms with Crippen LogP contribution in [0.25, 0.3) is 0 Å². The van der Waals surface area contributed by atoms with Gasteiger partial charge in [-0.15, -0.1) is 10.0 Å². The number of hydrogen-bond acceptors (Lipinski definition) is 0. The summed E-state index contributed by atoms with van der Waals surface area (Å²) < 4.78 is 0. The van der Waals surface area contributed by atoms with E-state index in [0.717, 1.165) is 0 Å². The summed E-state index contributed by atoms with van der Waals surface area (Å²) in [5.74, 6) is 0. The van der Waals surface area contributed by atoms with Gasteiger partial charge in [0.15, 0.2) is 0 Å². The summed E-state index contributed by atoms with van der Waals surface area (Å²) in [5.41, 5.74) is 2.91. The molecule has 0 saturated heterocycles. The molecular weight excluding hydrogens is 343 g/mol. The SMILES string of the molecule is CB1c2ccccc2S(c2ccccc2)(c2ccccc2)c2ccccc21. The zero-order chi connectivity index (χ0) is 18.3. The fourth-order valence-corrected chi connectivity index (χ4v) is 8.83. The van der Waals surface area contributed by atoms with Gasteiger partial charge in [-0.3, -0.25) is 0 Å². The number of fused-ring (bicyclic) bond motifs is 2. The minimum Gasteiger partial charge on any atom is -0.134 e. The Morgan fingerprint density at radius 2 is 0.852 bits per heavy atom. The van der Waals surface area contributed by atoms with Crippen molar-refractivity contribution in [1.29, 1.82) is 0 Å². The molecule has 4 aromatic carbocycles. The topological polar surface area (TPSA) is 0 Å². The molecule has 0 nitrogen and oxygen atoms in total. The molecule has 0 aliphatic carbocycles. The van der Waals surface area contributed by atoms with E-state index in [1.807, 2.05) is 0 Å². The molecule has 0 fully saturated rings. The van der Waals surface area contributed by atoms with Gasteiger partial charge in [0, 0.05) is 9.79 Å². The molecule has 0 unspecified atom stereocenters. The van der Waals surface area contributed by atoms with Gasteiger partial charge in [0.25, 0.3) is 0 Å². The van der Waals surface area contributed by atoms with Gasteiger partial charge in [-0.2, -0.15) is 0 Å². The Morgan fingerprint density at radius 3 is 1.30 bits per heavy atom. The van der Waals surface area contributed by atoms with Crippen molar-refractivity contribution in [3.8, 4) is 0 Å². The summed E-state index contributed by atoms with van der Waals surface area (Å²) in [6, 6.07) is 40.3. The fourth-order valence-electron chi connectivity index (χ4n) is 4.41. The molecule has 2 heteroatoms. The smallest absolute Gasteiger partial charge is 0.134 e. The summed E-state index contributed by atoms with van der Waals surface area (Å²) in [6.07, 6.45) is 0. The first-order valence-electron chi connectivity index (χ1n) is 9.45. The van der Waals surface area contributed by atoms with Crippen LogP contribution >= 0.6 is 10.0 Å². The lowest BCUT2D eigenvalue weighted by atomic mass is 9.42. The molecule has 1 aliphatic rings. The van der Waals surface area contributed by atoms with E-state index >= 15 is 0 Å². The highest BCUT2D eigenvalue weighted by Gasteiger charge is 2.41. The van der Waals surface area contributed by atoms with Crippen molar-refractivity contribution in [3.05, 3.63) is 109 Å². The minimum absolute atomic E-state index is 0.408. The van der Waals surface area contributed by atoms with E-state index in [9.17, 15) is 0 Å². The lowest BCUT2D eigenvalue weighted by Crippen LogP contribution is -2.47. The van der Waals surface area contributed by atoms with Gasteiger partial charge in [-0.05, 0) is 46.2 Å². The van der Waals surface area contributed by atoms with Crippen molar-refractivity contribution in [2.45, 2.75) is 26.4 Å². The van der Waals surface area contributed by atoms with Crippen LogP contribution in [-0.4, -0.2) is 6.71 Å². The molecule has 0 aromatic heterocycles. The van der Waals surface area contributed by atoms with Crippen LogP contribution in [0.1, 0.15) is 0 Å². The lowest BCUT2D eigenvalue weighted by Gasteiger charge is -2.48. The molecule has 0 saturated carbocycles. The van der Waals surface area contributed by atoms with Crippen LogP contribution in [0.2, 0.25) is 6.82 Å². The fraction of sp³-hybridized carbons (Fsp3) is 0.0400. The van der Waals surface area contributed by atoms with E-state index in [1.54, 1.807) is 0 Å². The molecule has 0 atom stereocenters. The standard InChI is InChI=1S/C25H21BS/c1-26-22-16-8-10-18-24(22)27(20-12-4-2-5-13-20,21-14-6-3-7-15-21)25-19-11-9-17-23(25)26/h2-19H,1H3. The predicted octanol–water partition coefficient (Wildman–Crippen LogP) is 5.58. The van der Waals surface area contributed by atoms with Crippen LogP contribution < -0.4 is 10.9 Å². The van der Waals surface area contributed by atoms with Crippen LogP contribution in [0.4, 0.5) is 0 Å². The Bertz CT molecular complexity index is 1000. The average molecular weight is 364 g/mol. The Morgan fingerprint density at radius 1 is 0.481 bits per heavy atom. The molecule has 130 valence electrons. The second kappa shape index (κ2) is 6.47. The maximum atomic E-state index is 2.36. The first-order chi connectivity index (χ1) is 13.3. The van der Waals surface area contributed by atoms with E-state index in [2.05, 4.69) is 116 Å². The van der Waals surface area contributed by atoms with Crippen LogP contribution in [0.5, 0.6) is 0 Å². The molecule has 0 bridgehead atoms. The van der Waals surface area contributed by atoms with Crippen molar-refractivity contribution in [3.63, 3.8) is 0 Å². The zero-order valence-corrected chi connectivity index (χ0v) is 16.2. The van der Waals surface area contributed by atoms with E-state index in [4.69, 9.17) is 0 Å². The molecule has 0 N–H and O–H groups in total. The molecular formula is C25H21BS. The van der Waals surface area contributed by atoms with Crippen molar-refractivity contribution in [2.75, 3.05) is 0 Å². The van der Waals surface area contributed by atoms with Gasteiger partial charge < -0.3 is 0 Å². The highest BCUT2D eigenvalue weighted by molar-refractivity contribution is 8.34. The third-order valence-corrected chi connectivity index (χ3v) is 9.65. The van der Waals surface area contributed by atoms with Crippen LogP contribution in [0, 0.1) is 0 Å². The minimum atomic E-state index is -1.51. The second-order valence-corrected chi connectivity index (χ2v) is 10.1. The third-order valence-electron chi connectivity index (χ3n) is 5.62. The molecule has 0 spiro atoms. The maximum absolute atomic E-state index is 2.36. The molecule has 1 heterocycles. The Kier molecular flexibility index (Phi) is 3.95. The number of benzene rings is 4. The van der Waals surface area contributed by atoms with Gasteiger partial charge in [-0.1, -0.05) is 90.5 Å². The van der Waals surface area contributed by atoms with Crippen molar-refractivity contribution in [2.24, 2.45) is 0 Å². The highest BCUT2D eigenvalue weighted by Crippen LogP contribution is 2.73. The Labute approximate surface area is 163 Å². The van der Waals surface area contributed by atoms with Gasteiger partial charge in [0.2, 0.25) is 6.71 Å². The van der Waals surface area contributed by atoms with E-state index < -0.39 is 10.0 Å². The maximum Gasteiger partial charge on any atom is 0.209 e. The van der Waals surface area contributed by atoms with Crippen LogP contribution in [0.15, 0.2) is 129 Å². The molecule has 0 radical (unpaired) electrons. The normalized spacial score (nSPS) is 15.5. The summed E-state index contributed by atoms with van der Waals surface area (Å²) in [5, 5.41) is 0. The molecule has 0 amide bonds. The number of rotatable bonds is 2. The van der Waals surface area contributed by atoms with Gasteiger partial charge in [-0.25, -0.2) is 0 Å². The molecule has 4 aromatic rings. The monoisotopic (exact) mass is 364 g/mol. The Balaban J connectivity index is 1.99. The molecule has 27 heavy (non-hydrogen) atoms.